The predicted octanol–water partition coefficient (Wildman–Crippen LogP) is 4.67. The van der Waals surface area contributed by atoms with Crippen LogP contribution in [0.1, 0.15) is 26.3 Å². The van der Waals surface area contributed by atoms with Crippen molar-refractivity contribution in [3.8, 4) is 0 Å². The van der Waals surface area contributed by atoms with Gasteiger partial charge in [0.15, 0.2) is 0 Å². The molecule has 2 aromatic carbocycles. The normalized spacial score (nSPS) is 11.9. The van der Waals surface area contributed by atoms with Crippen molar-refractivity contribution in [3.63, 3.8) is 0 Å². The molecule has 0 radical (unpaired) electrons. The highest BCUT2D eigenvalue weighted by atomic mass is 19.1. The van der Waals surface area contributed by atoms with Gasteiger partial charge in [0.25, 0.3) is 5.95 Å². The van der Waals surface area contributed by atoms with Crippen LogP contribution in [0.4, 0.5) is 31.0 Å². The molecular weight excluding hydrogens is 416 g/mol. The number of urea groups is 1. The molecule has 0 fully saturated rings. The van der Waals surface area contributed by atoms with Gasteiger partial charge < -0.3 is 10.4 Å². The number of nitrogens with one attached hydrogen (secondary N) is 1. The number of carbonyl (C=O) groups is 1. The highest BCUT2D eigenvalue weighted by Crippen LogP contribution is 2.25. The number of hydrogen-bond donors (Lipinski definition) is 2. The third kappa shape index (κ3) is 5.92. The summed E-state index contributed by atoms with van der Waals surface area (Å²) in [5.41, 5.74) is 0.301. The van der Waals surface area contributed by atoms with Crippen LogP contribution in [-0.2, 0) is 6.54 Å². The summed E-state index contributed by atoms with van der Waals surface area (Å²) in [6, 6.07) is 12.1. The molecule has 2 amide bonds. The van der Waals surface area contributed by atoms with E-state index in [1.807, 2.05) is 0 Å². The van der Waals surface area contributed by atoms with Crippen LogP contribution in [0.2, 0.25) is 0 Å². The Bertz CT molecular complexity index is 1110. The third-order valence-corrected chi connectivity index (χ3v) is 4.66. The van der Waals surface area contributed by atoms with Crippen LogP contribution in [-0.4, -0.2) is 32.4 Å². The van der Waals surface area contributed by atoms with Crippen LogP contribution in [0.3, 0.4) is 0 Å². The number of aromatic nitrogens is 2. The number of aliphatic imine (C=N–C) groups is 1. The van der Waals surface area contributed by atoms with Gasteiger partial charge in [0.2, 0.25) is 0 Å². The van der Waals surface area contributed by atoms with Gasteiger partial charge in [0.05, 0.1) is 11.3 Å². The largest absolute Gasteiger partial charge is 0.385 e. The Kier molecular flexibility index (Phi) is 6.89. The highest BCUT2D eigenvalue weighted by Gasteiger charge is 2.21. The summed E-state index contributed by atoms with van der Waals surface area (Å²) in [7, 11) is 0. The third-order valence-electron chi connectivity index (χ3n) is 4.66. The van der Waals surface area contributed by atoms with Crippen LogP contribution in [0.25, 0.3) is 0 Å². The topological polar surface area (TPSA) is 90.7 Å². The van der Waals surface area contributed by atoms with Gasteiger partial charge in [-0.1, -0.05) is 12.1 Å². The molecule has 0 atom stereocenters. The molecule has 166 valence electrons. The maximum absolute atomic E-state index is 13.5. The van der Waals surface area contributed by atoms with Gasteiger partial charge in [-0.2, -0.15) is 4.98 Å². The van der Waals surface area contributed by atoms with Gasteiger partial charge in [0.1, 0.15) is 17.5 Å². The van der Waals surface area contributed by atoms with Crippen LogP contribution >= 0.6 is 0 Å². The number of amides is 2. The number of benzene rings is 2. The van der Waals surface area contributed by atoms with E-state index in [4.69, 9.17) is 0 Å². The van der Waals surface area contributed by atoms with E-state index in [0.717, 1.165) is 0 Å². The average molecular weight is 439 g/mol. The van der Waals surface area contributed by atoms with Crippen molar-refractivity contribution in [1.82, 2.24) is 15.3 Å². The molecule has 0 aliphatic rings. The lowest BCUT2D eigenvalue weighted by Gasteiger charge is -2.22. The van der Waals surface area contributed by atoms with Gasteiger partial charge in [-0.15, -0.1) is 0 Å². The monoisotopic (exact) mass is 439 g/mol. The van der Waals surface area contributed by atoms with E-state index >= 15 is 0 Å². The first-order valence-corrected chi connectivity index (χ1v) is 9.82. The summed E-state index contributed by atoms with van der Waals surface area (Å²) >= 11 is 0. The van der Waals surface area contributed by atoms with E-state index in [9.17, 15) is 18.7 Å². The Balaban J connectivity index is 1.93. The quantitative estimate of drug-likeness (QED) is 0.547. The summed E-state index contributed by atoms with van der Waals surface area (Å²) in [4.78, 5) is 27.0. The first kappa shape index (κ1) is 23.0. The van der Waals surface area contributed by atoms with E-state index in [1.165, 1.54) is 53.6 Å². The maximum Gasteiger partial charge on any atom is 0.327 e. The number of rotatable bonds is 6. The molecule has 0 unspecified atom stereocenters. The van der Waals surface area contributed by atoms with Gasteiger partial charge in [-0.3, -0.25) is 0 Å². The molecule has 0 spiro atoms. The Hall–Kier alpha value is -3.72. The summed E-state index contributed by atoms with van der Waals surface area (Å²) in [5, 5.41) is 12.8. The molecule has 0 saturated heterocycles. The Morgan fingerprint density at radius 3 is 2.25 bits per heavy atom. The molecule has 32 heavy (non-hydrogen) atoms. The molecule has 1 heterocycles. The number of anilines is 2. The van der Waals surface area contributed by atoms with Crippen molar-refractivity contribution < 1.29 is 18.7 Å². The number of carbonyl (C=O) groups excluding carboxylic acids is 1. The number of halogens is 2. The van der Waals surface area contributed by atoms with Crippen molar-refractivity contribution in [2.75, 3.05) is 4.90 Å². The second-order valence-electron chi connectivity index (χ2n) is 7.57. The van der Waals surface area contributed by atoms with E-state index in [1.54, 1.807) is 32.9 Å². The molecule has 0 aliphatic carbocycles. The zero-order chi connectivity index (χ0) is 23.3. The van der Waals surface area contributed by atoms with Crippen LogP contribution in [0.5, 0.6) is 0 Å². The molecular formula is C23H23F2N5O2. The fraction of sp³-hybridized carbons (Fsp3) is 0.217. The summed E-state index contributed by atoms with van der Waals surface area (Å²) < 4.78 is 26.6. The van der Waals surface area contributed by atoms with E-state index in [-0.39, 0.29) is 24.1 Å². The smallest absolute Gasteiger partial charge is 0.327 e. The van der Waals surface area contributed by atoms with Gasteiger partial charge in [0, 0.05) is 24.5 Å². The first-order chi connectivity index (χ1) is 15.1. The predicted molar refractivity (Wildman–Crippen MR) is 118 cm³/mol. The van der Waals surface area contributed by atoms with E-state index in [2.05, 4.69) is 20.3 Å². The Morgan fingerprint density at radius 1 is 1.06 bits per heavy atom. The maximum atomic E-state index is 13.5. The van der Waals surface area contributed by atoms with Crippen molar-refractivity contribution in [2.45, 2.75) is 32.9 Å². The first-order valence-electron chi connectivity index (χ1n) is 9.82. The zero-order valence-electron chi connectivity index (χ0n) is 17.9. The fourth-order valence-corrected chi connectivity index (χ4v) is 2.61. The Morgan fingerprint density at radius 2 is 1.66 bits per heavy atom. The van der Waals surface area contributed by atoms with Crippen molar-refractivity contribution in [2.24, 2.45) is 4.99 Å². The van der Waals surface area contributed by atoms with E-state index < -0.39 is 17.4 Å². The lowest BCUT2D eigenvalue weighted by Crippen LogP contribution is -2.37. The van der Waals surface area contributed by atoms with Crippen molar-refractivity contribution in [1.29, 1.82) is 0 Å². The molecule has 0 bridgehead atoms. The van der Waals surface area contributed by atoms with Crippen molar-refractivity contribution in [3.05, 3.63) is 78.0 Å². The molecule has 1 aromatic heterocycles. The van der Waals surface area contributed by atoms with Crippen molar-refractivity contribution >= 4 is 29.2 Å². The molecule has 0 aliphatic heterocycles. The second kappa shape index (κ2) is 9.61. The molecule has 2 N–H and O–H groups in total. The number of hydrogen-bond acceptors (Lipinski definition) is 5. The molecule has 9 heteroatoms. The number of nitrogens with zero attached hydrogens (tertiary/aromatic N) is 4. The zero-order valence-corrected chi connectivity index (χ0v) is 17.9. The lowest BCUT2D eigenvalue weighted by molar-refractivity contribution is 0.153. The van der Waals surface area contributed by atoms with Crippen LogP contribution in [0, 0.1) is 11.6 Å². The molecule has 3 aromatic rings. The summed E-state index contributed by atoms with van der Waals surface area (Å²) in [6.45, 7) is 4.96. The second-order valence-corrected chi connectivity index (χ2v) is 7.57. The lowest BCUT2D eigenvalue weighted by atomic mass is 10.1. The average Bonchev–Trinajstić information content (AvgIpc) is 2.74. The van der Waals surface area contributed by atoms with Crippen LogP contribution in [0.15, 0.2) is 65.8 Å². The Labute approximate surface area is 184 Å². The minimum Gasteiger partial charge on any atom is -0.385 e. The fourth-order valence-electron chi connectivity index (χ4n) is 2.61. The summed E-state index contributed by atoms with van der Waals surface area (Å²) in [5.74, 6) is -0.566. The molecule has 3 rings (SSSR count). The highest BCUT2D eigenvalue weighted by molar-refractivity contribution is 5.98. The minimum atomic E-state index is -1.16. The summed E-state index contributed by atoms with van der Waals surface area (Å²) in [6.07, 6.45) is 1.43. The minimum absolute atomic E-state index is 0.0561. The van der Waals surface area contributed by atoms with Gasteiger partial charge >= 0.3 is 6.03 Å². The van der Waals surface area contributed by atoms with Crippen LogP contribution < -0.4 is 10.2 Å². The van der Waals surface area contributed by atoms with E-state index in [0.29, 0.717) is 17.0 Å². The van der Waals surface area contributed by atoms with Gasteiger partial charge in [-0.25, -0.2) is 28.5 Å². The molecule has 0 saturated carbocycles. The molecule has 7 nitrogen and oxygen atoms in total. The SMILES string of the molecule is CC(=Nc1nccc(N(C(=O)NCc2ccc(F)cc2)c2ccc(F)cc2)n1)C(C)(C)O. The van der Waals surface area contributed by atoms with Gasteiger partial charge in [-0.05, 0) is 62.7 Å². The number of aliphatic hydroxyl groups is 1. The standard InChI is InChI=1S/C23H23F2N5O2/c1-15(23(2,3)32)28-21-26-13-12-20(29-21)30(19-10-8-18(25)9-11-19)22(31)27-14-16-4-6-17(24)7-5-16/h4-13,32H,14H2,1-3H3,(H,27,31).